The zero-order valence-electron chi connectivity index (χ0n) is 14.1. The molecule has 0 N–H and O–H groups in total. The molecule has 0 saturated carbocycles. The van der Waals surface area contributed by atoms with Crippen LogP contribution in [0.2, 0.25) is 0 Å². The molecule has 2 nitrogen and oxygen atoms in total. The van der Waals surface area contributed by atoms with Crippen LogP contribution in [0.25, 0.3) is 11.1 Å². The Hall–Kier alpha value is -2.76. The number of allylic oxidation sites excluding steroid dienone is 4. The van der Waals surface area contributed by atoms with E-state index in [9.17, 15) is 17.6 Å². The summed E-state index contributed by atoms with van der Waals surface area (Å²) in [6, 6.07) is 11.1. The highest BCUT2D eigenvalue weighted by Gasteiger charge is 2.62. The molecule has 0 atom stereocenters. The molecule has 0 bridgehead atoms. The molecule has 3 rings (SSSR count). The first kappa shape index (κ1) is 18.0. The Kier molecular flexibility index (Phi) is 4.52. The van der Waals surface area contributed by atoms with E-state index in [2.05, 4.69) is 0 Å². The average molecular weight is 364 g/mol. The first-order valence-corrected chi connectivity index (χ1v) is 7.78. The third kappa shape index (κ3) is 2.85. The van der Waals surface area contributed by atoms with Crippen molar-refractivity contribution in [2.45, 2.75) is 11.8 Å². The van der Waals surface area contributed by atoms with Crippen molar-refractivity contribution in [1.82, 2.24) is 0 Å². The number of halogens is 4. The average Bonchev–Trinajstić information content (AvgIpc) is 2.64. The molecule has 0 unspecified atom stereocenters. The number of methoxy groups -OCH3 is 2. The van der Waals surface area contributed by atoms with Gasteiger partial charge in [0.25, 0.3) is 0 Å². The predicted molar refractivity (Wildman–Crippen MR) is 91.8 cm³/mol. The van der Waals surface area contributed by atoms with Gasteiger partial charge in [-0.2, -0.15) is 17.6 Å². The summed E-state index contributed by atoms with van der Waals surface area (Å²) in [4.78, 5) is 0. The number of benzene rings is 2. The molecule has 136 valence electrons. The fourth-order valence-corrected chi connectivity index (χ4v) is 2.81. The molecule has 6 heteroatoms. The van der Waals surface area contributed by atoms with Crippen LogP contribution >= 0.6 is 0 Å². The van der Waals surface area contributed by atoms with Gasteiger partial charge < -0.3 is 9.47 Å². The molecule has 2 aromatic rings. The van der Waals surface area contributed by atoms with Gasteiger partial charge in [-0.1, -0.05) is 36.4 Å². The van der Waals surface area contributed by atoms with E-state index < -0.39 is 23.0 Å². The molecule has 26 heavy (non-hydrogen) atoms. The molecule has 0 fully saturated rings. The Bertz CT molecular complexity index is 777. The minimum Gasteiger partial charge on any atom is -0.497 e. The number of ether oxygens (including phenoxy) is 2. The van der Waals surface area contributed by atoms with E-state index in [1.807, 2.05) is 0 Å². The van der Waals surface area contributed by atoms with Crippen LogP contribution in [0.3, 0.4) is 0 Å². The van der Waals surface area contributed by atoms with Crippen molar-refractivity contribution in [1.29, 1.82) is 0 Å². The SMILES string of the molecule is COc1ccc(C2=CC=C(c3ccc(OC)cc3)C(F)(F)C2(F)F)cc1. The summed E-state index contributed by atoms with van der Waals surface area (Å²) in [5.41, 5.74) is -1.44. The summed E-state index contributed by atoms with van der Waals surface area (Å²) in [5, 5.41) is 0. The van der Waals surface area contributed by atoms with Crippen LogP contribution < -0.4 is 9.47 Å². The molecule has 0 aromatic heterocycles. The van der Waals surface area contributed by atoms with Gasteiger partial charge in [0, 0.05) is 11.1 Å². The lowest BCUT2D eigenvalue weighted by Gasteiger charge is -2.33. The molecule has 0 radical (unpaired) electrons. The van der Waals surface area contributed by atoms with Crippen LogP contribution in [0.5, 0.6) is 11.5 Å². The van der Waals surface area contributed by atoms with E-state index in [0.717, 1.165) is 12.2 Å². The summed E-state index contributed by atoms with van der Waals surface area (Å²) in [6.45, 7) is 0. The van der Waals surface area contributed by atoms with Crippen LogP contribution in [0, 0.1) is 0 Å². The van der Waals surface area contributed by atoms with Crippen LogP contribution in [-0.4, -0.2) is 26.1 Å². The maximum absolute atomic E-state index is 14.7. The van der Waals surface area contributed by atoms with Crippen molar-refractivity contribution in [3.8, 4) is 11.5 Å². The smallest absolute Gasteiger partial charge is 0.340 e. The fraction of sp³-hybridized carbons (Fsp3) is 0.200. The van der Waals surface area contributed by atoms with E-state index in [4.69, 9.17) is 9.47 Å². The molecule has 1 aliphatic carbocycles. The molecule has 0 heterocycles. The zero-order chi connectivity index (χ0) is 18.9. The second-order valence-corrected chi connectivity index (χ2v) is 5.77. The molecule has 0 aliphatic heterocycles. The normalized spacial score (nSPS) is 17.9. The van der Waals surface area contributed by atoms with Crippen molar-refractivity contribution < 1.29 is 27.0 Å². The summed E-state index contributed by atoms with van der Waals surface area (Å²) >= 11 is 0. The molecule has 2 aromatic carbocycles. The first-order chi connectivity index (χ1) is 12.3. The second kappa shape index (κ2) is 6.52. The Morgan fingerprint density at radius 3 is 1.15 bits per heavy atom. The Labute approximate surface area is 148 Å². The van der Waals surface area contributed by atoms with Gasteiger partial charge in [-0.05, 0) is 35.4 Å². The highest BCUT2D eigenvalue weighted by Crippen LogP contribution is 2.53. The van der Waals surface area contributed by atoms with Crippen LogP contribution in [0.4, 0.5) is 17.6 Å². The third-order valence-corrected chi connectivity index (χ3v) is 4.29. The molecular weight excluding hydrogens is 348 g/mol. The van der Waals surface area contributed by atoms with E-state index in [-0.39, 0.29) is 11.1 Å². The van der Waals surface area contributed by atoms with Gasteiger partial charge in [0.2, 0.25) is 0 Å². The van der Waals surface area contributed by atoms with E-state index in [1.54, 1.807) is 0 Å². The third-order valence-electron chi connectivity index (χ3n) is 4.29. The standard InChI is InChI=1S/C20H16F4O2/c1-25-15-7-3-13(4-8-15)17-11-12-18(20(23,24)19(17,21)22)14-5-9-16(26-2)10-6-14/h3-12H,1-2H3. The van der Waals surface area contributed by atoms with Gasteiger partial charge in [0.05, 0.1) is 14.2 Å². The van der Waals surface area contributed by atoms with Crippen LogP contribution in [-0.2, 0) is 0 Å². The fourth-order valence-electron chi connectivity index (χ4n) is 2.81. The highest BCUT2D eigenvalue weighted by atomic mass is 19.3. The van der Waals surface area contributed by atoms with Gasteiger partial charge >= 0.3 is 11.8 Å². The van der Waals surface area contributed by atoms with E-state index >= 15 is 0 Å². The van der Waals surface area contributed by atoms with Crippen molar-refractivity contribution in [2.24, 2.45) is 0 Å². The Morgan fingerprint density at radius 2 is 0.885 bits per heavy atom. The van der Waals surface area contributed by atoms with Gasteiger partial charge in [-0.3, -0.25) is 0 Å². The second-order valence-electron chi connectivity index (χ2n) is 5.77. The van der Waals surface area contributed by atoms with Gasteiger partial charge in [-0.25, -0.2) is 0 Å². The van der Waals surface area contributed by atoms with Crippen molar-refractivity contribution in [3.63, 3.8) is 0 Å². The molecule has 0 spiro atoms. The number of alkyl halides is 4. The van der Waals surface area contributed by atoms with E-state index in [0.29, 0.717) is 11.5 Å². The number of rotatable bonds is 4. The minimum atomic E-state index is -4.36. The maximum Gasteiger partial charge on any atom is 0.340 e. The van der Waals surface area contributed by atoms with Gasteiger partial charge in [0.1, 0.15) is 11.5 Å². The Balaban J connectivity index is 2.07. The van der Waals surface area contributed by atoms with Crippen molar-refractivity contribution in [3.05, 3.63) is 71.8 Å². The molecular formula is C20H16F4O2. The lowest BCUT2D eigenvalue weighted by atomic mass is 9.84. The van der Waals surface area contributed by atoms with Crippen molar-refractivity contribution >= 4 is 11.1 Å². The molecule has 0 amide bonds. The highest BCUT2D eigenvalue weighted by molar-refractivity contribution is 5.86. The monoisotopic (exact) mass is 364 g/mol. The molecule has 1 aliphatic rings. The number of hydrogen-bond donors (Lipinski definition) is 0. The maximum atomic E-state index is 14.7. The van der Waals surface area contributed by atoms with Crippen molar-refractivity contribution in [2.75, 3.05) is 14.2 Å². The Morgan fingerprint density at radius 1 is 0.577 bits per heavy atom. The van der Waals surface area contributed by atoms with Gasteiger partial charge in [0.15, 0.2) is 0 Å². The van der Waals surface area contributed by atoms with Gasteiger partial charge in [-0.15, -0.1) is 0 Å². The zero-order valence-corrected chi connectivity index (χ0v) is 14.1. The lowest BCUT2D eigenvalue weighted by molar-refractivity contribution is -0.133. The largest absolute Gasteiger partial charge is 0.497 e. The summed E-state index contributed by atoms with van der Waals surface area (Å²) < 4.78 is 68.7. The van der Waals surface area contributed by atoms with Crippen LogP contribution in [0.1, 0.15) is 11.1 Å². The predicted octanol–water partition coefficient (Wildman–Crippen LogP) is 5.46. The summed E-state index contributed by atoms with van der Waals surface area (Å²) in [7, 11) is 2.86. The van der Waals surface area contributed by atoms with E-state index in [1.165, 1.54) is 62.8 Å². The summed E-state index contributed by atoms with van der Waals surface area (Å²) in [5.74, 6) is -7.80. The lowest BCUT2D eigenvalue weighted by Crippen LogP contribution is -2.43. The summed E-state index contributed by atoms with van der Waals surface area (Å²) in [6.07, 6.45) is 2.08. The minimum absolute atomic E-state index is 0.0144. The quantitative estimate of drug-likeness (QED) is 0.671. The molecule has 0 saturated heterocycles. The number of hydrogen-bond acceptors (Lipinski definition) is 2. The first-order valence-electron chi connectivity index (χ1n) is 7.78. The van der Waals surface area contributed by atoms with Crippen LogP contribution in [0.15, 0.2) is 60.7 Å². The topological polar surface area (TPSA) is 18.5 Å².